The maximum atomic E-state index is 12.7. The molecule has 2 aromatic heterocycles. The summed E-state index contributed by atoms with van der Waals surface area (Å²) in [5.41, 5.74) is 2.02. The van der Waals surface area contributed by atoms with Crippen molar-refractivity contribution in [3.05, 3.63) is 47.9 Å². The molecule has 1 aliphatic rings. The van der Waals surface area contributed by atoms with Gasteiger partial charge < -0.3 is 10.1 Å². The third kappa shape index (κ3) is 3.69. The molecule has 1 amide bonds. The van der Waals surface area contributed by atoms with Gasteiger partial charge >= 0.3 is 11.6 Å². The number of carbonyl (C=O) groups excluding carboxylic acids is 1. The summed E-state index contributed by atoms with van der Waals surface area (Å²) in [6.45, 7) is 1.72. The number of anilines is 1. The number of benzene rings is 1. The summed E-state index contributed by atoms with van der Waals surface area (Å²) in [6.07, 6.45) is 11.6. The van der Waals surface area contributed by atoms with Gasteiger partial charge in [0.15, 0.2) is 0 Å². The van der Waals surface area contributed by atoms with Crippen molar-refractivity contribution in [2.75, 3.05) is 12.4 Å². The van der Waals surface area contributed by atoms with E-state index in [0.717, 1.165) is 41.3 Å². The molecule has 1 aliphatic carbocycles. The number of nitrogens with zero attached hydrogens (tertiary/aromatic N) is 3. The predicted molar refractivity (Wildman–Crippen MR) is 113 cm³/mol. The maximum Gasteiger partial charge on any atom is 0.325 e. The van der Waals surface area contributed by atoms with Gasteiger partial charge in [-0.3, -0.25) is 14.7 Å². The lowest BCUT2D eigenvalue weighted by Gasteiger charge is -2.25. The molecule has 30 heavy (non-hydrogen) atoms. The van der Waals surface area contributed by atoms with E-state index in [1.165, 1.54) is 0 Å². The summed E-state index contributed by atoms with van der Waals surface area (Å²) in [7, 11) is 1.55. The van der Waals surface area contributed by atoms with Gasteiger partial charge in [-0.05, 0) is 37.8 Å². The van der Waals surface area contributed by atoms with Crippen LogP contribution in [-0.2, 0) is 0 Å². The molecule has 1 saturated carbocycles. The van der Waals surface area contributed by atoms with E-state index in [-0.39, 0.29) is 5.69 Å². The lowest BCUT2D eigenvalue weighted by atomic mass is 9.87. The van der Waals surface area contributed by atoms with Crippen LogP contribution in [0.3, 0.4) is 0 Å². The largest absolute Gasteiger partial charge is 0.494 e. The first-order chi connectivity index (χ1) is 14.5. The van der Waals surface area contributed by atoms with Crippen LogP contribution in [0.5, 0.6) is 5.75 Å². The lowest BCUT2D eigenvalue weighted by molar-refractivity contribution is -0.909. The first-order valence-electron chi connectivity index (χ1n) is 10.1. The highest BCUT2D eigenvalue weighted by Gasteiger charge is 2.24. The lowest BCUT2D eigenvalue weighted by Crippen LogP contribution is -2.42. The zero-order valence-electron chi connectivity index (χ0n) is 17.1. The summed E-state index contributed by atoms with van der Waals surface area (Å²) < 4.78 is 8.34. The van der Waals surface area contributed by atoms with Gasteiger partial charge in [0.2, 0.25) is 5.69 Å². The highest BCUT2D eigenvalue weighted by Crippen LogP contribution is 2.34. The molecule has 0 radical (unpaired) electrons. The van der Waals surface area contributed by atoms with Crippen molar-refractivity contribution < 1.29 is 19.5 Å². The summed E-state index contributed by atoms with van der Waals surface area (Å²) in [6, 6.07) is 8.98. The average Bonchev–Trinajstić information content (AvgIpc) is 3.18. The monoisotopic (exact) mass is 405 g/mol. The van der Waals surface area contributed by atoms with Crippen molar-refractivity contribution in [1.29, 1.82) is 0 Å². The molecule has 0 bridgehead atoms. The number of aromatic nitrogens is 3. The minimum atomic E-state index is -0.432. The number of fused-ring (bicyclic) bond motifs is 1. The number of pyridine rings is 1. The fourth-order valence-corrected chi connectivity index (χ4v) is 4.00. The van der Waals surface area contributed by atoms with Crippen molar-refractivity contribution in [2.24, 2.45) is 5.92 Å². The van der Waals surface area contributed by atoms with Crippen molar-refractivity contribution in [3.8, 4) is 18.1 Å². The van der Waals surface area contributed by atoms with E-state index in [0.29, 0.717) is 29.1 Å². The molecule has 0 spiro atoms. The number of methoxy groups -OCH3 is 1. The zero-order chi connectivity index (χ0) is 21.3. The van der Waals surface area contributed by atoms with E-state index in [1.807, 2.05) is 23.0 Å². The normalized spacial score (nSPS) is 18.7. The minimum Gasteiger partial charge on any atom is -0.494 e. The number of carbonyl (C=O) groups is 1. The number of rotatable bonds is 4. The van der Waals surface area contributed by atoms with E-state index in [4.69, 9.17) is 16.3 Å². The van der Waals surface area contributed by atoms with Crippen LogP contribution >= 0.6 is 0 Å². The van der Waals surface area contributed by atoms with Crippen LogP contribution in [-0.4, -0.2) is 28.0 Å². The molecule has 0 saturated heterocycles. The zero-order valence-corrected chi connectivity index (χ0v) is 17.1. The van der Waals surface area contributed by atoms with Gasteiger partial charge in [0.25, 0.3) is 0 Å². The van der Waals surface area contributed by atoms with Crippen LogP contribution in [0.25, 0.3) is 10.9 Å². The van der Waals surface area contributed by atoms with Crippen molar-refractivity contribution in [3.63, 3.8) is 0 Å². The van der Waals surface area contributed by atoms with E-state index < -0.39 is 5.91 Å². The Morgan fingerprint density at radius 3 is 2.80 bits per heavy atom. The number of aryl methyl sites for hydroxylation is 1. The van der Waals surface area contributed by atoms with Crippen LogP contribution in [0.1, 0.15) is 47.9 Å². The Bertz CT molecular complexity index is 1140. The molecule has 0 atom stereocenters. The van der Waals surface area contributed by atoms with Gasteiger partial charge in [-0.2, -0.15) is 5.10 Å². The number of amides is 1. The van der Waals surface area contributed by atoms with Crippen LogP contribution < -0.4 is 14.8 Å². The van der Waals surface area contributed by atoms with Crippen LogP contribution in [0.4, 0.5) is 5.69 Å². The Kier molecular flexibility index (Phi) is 5.32. The number of hydrogen-bond acceptors (Lipinski definition) is 4. The Morgan fingerprint density at radius 2 is 2.10 bits per heavy atom. The summed E-state index contributed by atoms with van der Waals surface area (Å²) in [5, 5.41) is 18.6. The summed E-state index contributed by atoms with van der Waals surface area (Å²) in [4.78, 5) is 12.7. The molecular formula is C23H25N4O3+. The smallest absolute Gasteiger partial charge is 0.325 e. The SMILES string of the molecule is C#CC1CCC(n2cc3cc(NC(=O)c4cccc(C)[n+]4O)c(OC)cc3n2)CC1. The Hall–Kier alpha value is -3.53. The average molecular weight is 405 g/mol. The minimum absolute atomic E-state index is 0.137. The quantitative estimate of drug-likeness (QED) is 0.396. The van der Waals surface area contributed by atoms with E-state index >= 15 is 0 Å². The van der Waals surface area contributed by atoms with E-state index in [2.05, 4.69) is 11.2 Å². The molecule has 0 unspecified atom stereocenters. The standard InChI is InChI=1S/C23H24N4O3/c1-4-16-8-10-18(11-9-16)26-14-17-12-20(22(30-3)13-19(17)25-26)24-23(28)21-7-5-6-15(2)27(21)29/h1,5-7,12-14,16,18H,8-11H2,2-3H3,(H-,24,28,29)/p+1. The first-order valence-corrected chi connectivity index (χ1v) is 10.1. The van der Waals surface area contributed by atoms with Crippen LogP contribution in [0.2, 0.25) is 0 Å². The maximum absolute atomic E-state index is 12.7. The Morgan fingerprint density at radius 1 is 1.33 bits per heavy atom. The van der Waals surface area contributed by atoms with Gasteiger partial charge in [-0.15, -0.1) is 12.3 Å². The van der Waals surface area contributed by atoms with E-state index in [9.17, 15) is 10.0 Å². The topological polar surface area (TPSA) is 80.3 Å². The number of nitrogens with one attached hydrogen (secondary N) is 1. The molecule has 4 rings (SSSR count). The third-order valence-electron chi connectivity index (χ3n) is 5.78. The molecule has 7 nitrogen and oxygen atoms in total. The predicted octanol–water partition coefficient (Wildman–Crippen LogP) is 3.49. The summed E-state index contributed by atoms with van der Waals surface area (Å²) in [5.74, 6) is 3.30. The number of terminal acetylenes is 1. The Labute approximate surface area is 175 Å². The van der Waals surface area contributed by atoms with Gasteiger partial charge in [0, 0.05) is 47.4 Å². The Balaban J connectivity index is 1.61. The number of ether oxygens (including phenoxy) is 1. The van der Waals surface area contributed by atoms with Crippen LogP contribution in [0, 0.1) is 25.2 Å². The summed E-state index contributed by atoms with van der Waals surface area (Å²) >= 11 is 0. The first kappa shape index (κ1) is 19.8. The van der Waals surface area contributed by atoms with Crippen molar-refractivity contribution in [1.82, 2.24) is 9.78 Å². The molecule has 154 valence electrons. The molecule has 3 aromatic rings. The van der Waals surface area contributed by atoms with Crippen LogP contribution in [0.15, 0.2) is 36.5 Å². The van der Waals surface area contributed by atoms with Crippen molar-refractivity contribution in [2.45, 2.75) is 38.6 Å². The second-order valence-corrected chi connectivity index (χ2v) is 7.71. The molecule has 2 N–H and O–H groups in total. The number of hydrogen-bond donors (Lipinski definition) is 2. The molecule has 1 fully saturated rings. The highest BCUT2D eigenvalue weighted by atomic mass is 16.5. The van der Waals surface area contributed by atoms with E-state index in [1.54, 1.807) is 32.2 Å². The molecule has 0 aliphatic heterocycles. The molecule has 1 aromatic carbocycles. The fraction of sp³-hybridized carbons (Fsp3) is 0.348. The van der Waals surface area contributed by atoms with Gasteiger partial charge in [0.05, 0.1) is 24.4 Å². The third-order valence-corrected chi connectivity index (χ3v) is 5.78. The van der Waals surface area contributed by atoms with Gasteiger partial charge in [-0.1, -0.05) is 0 Å². The second-order valence-electron chi connectivity index (χ2n) is 7.71. The van der Waals surface area contributed by atoms with Crippen molar-refractivity contribution >= 4 is 22.5 Å². The highest BCUT2D eigenvalue weighted by molar-refractivity contribution is 6.04. The molecule has 7 heteroatoms. The van der Waals surface area contributed by atoms with Gasteiger partial charge in [-0.25, -0.2) is 0 Å². The van der Waals surface area contributed by atoms with Gasteiger partial charge in [0.1, 0.15) is 5.75 Å². The fourth-order valence-electron chi connectivity index (χ4n) is 4.00. The molecule has 2 heterocycles. The second kappa shape index (κ2) is 8.07. The molecular weight excluding hydrogens is 380 g/mol.